The molecule has 0 radical (unpaired) electrons. The van der Waals surface area contributed by atoms with Gasteiger partial charge in [0.25, 0.3) is 0 Å². The summed E-state index contributed by atoms with van der Waals surface area (Å²) in [4.78, 5) is 12.0. The Morgan fingerprint density at radius 3 is 1.67 bits per heavy atom. The Bertz CT molecular complexity index is 1900. The maximum Gasteiger partial charge on any atom is 0.316 e. The fourth-order valence-electron chi connectivity index (χ4n) is 7.64. The van der Waals surface area contributed by atoms with Crippen molar-refractivity contribution in [2.24, 2.45) is 5.92 Å². The molecule has 0 aliphatic heterocycles. The van der Waals surface area contributed by atoms with Gasteiger partial charge in [0.05, 0.1) is 12.0 Å². The Morgan fingerprint density at radius 2 is 1.15 bits per heavy atom. The van der Waals surface area contributed by atoms with Gasteiger partial charge in [0.2, 0.25) is 17.4 Å². The van der Waals surface area contributed by atoms with E-state index in [1.54, 1.807) is 0 Å². The molecule has 2 atom stereocenters. The highest BCUT2D eigenvalue weighted by Crippen LogP contribution is 2.62. The molecular weight excluding hydrogens is 624 g/mol. The minimum absolute atomic E-state index is 0.0314. The van der Waals surface area contributed by atoms with E-state index < -0.39 is 73.7 Å². The molecule has 0 amide bonds. The number of rotatable bonds is 6. The van der Waals surface area contributed by atoms with Gasteiger partial charge < -0.3 is 9.47 Å². The van der Waals surface area contributed by atoms with Gasteiger partial charge in [-0.25, -0.2) is 8.78 Å². The zero-order valence-electron chi connectivity index (χ0n) is 24.3. The van der Waals surface area contributed by atoms with Crippen LogP contribution in [0.25, 0.3) is 0 Å². The third kappa shape index (κ3) is 4.87. The van der Waals surface area contributed by atoms with Crippen LogP contribution in [0.5, 0.6) is 11.5 Å². The second-order valence-electron chi connectivity index (χ2n) is 12.0. The molecule has 11 heteroatoms. The van der Waals surface area contributed by atoms with Crippen molar-refractivity contribution in [3.63, 3.8) is 0 Å². The Labute approximate surface area is 262 Å². The third-order valence-corrected chi connectivity index (χ3v) is 10.4. The van der Waals surface area contributed by atoms with Crippen molar-refractivity contribution in [3.05, 3.63) is 124 Å². The molecule has 4 aliphatic carbocycles. The number of esters is 1. The Balaban J connectivity index is 1.39. The number of ether oxygens (including phenoxy) is 2. The van der Waals surface area contributed by atoms with Crippen LogP contribution in [0.4, 0.5) is 17.6 Å². The molecule has 1 fully saturated rings. The second kappa shape index (κ2) is 11.5. The Morgan fingerprint density at radius 1 is 0.674 bits per heavy atom. The molecule has 4 aromatic carbocycles. The van der Waals surface area contributed by atoms with E-state index in [-0.39, 0.29) is 6.10 Å². The minimum atomic E-state index is -5.70. The fourth-order valence-corrected chi connectivity index (χ4v) is 8.27. The number of hydrogen-bond donors (Lipinski definition) is 1. The van der Waals surface area contributed by atoms with Crippen molar-refractivity contribution in [3.8, 4) is 11.5 Å². The highest BCUT2D eigenvalue weighted by molar-refractivity contribution is 7.85. The quantitative estimate of drug-likeness (QED) is 0.0752. The van der Waals surface area contributed by atoms with E-state index in [0.717, 1.165) is 54.4 Å². The Hall–Kier alpha value is -4.22. The van der Waals surface area contributed by atoms with E-state index in [4.69, 9.17) is 9.47 Å². The van der Waals surface area contributed by atoms with Gasteiger partial charge in [-0.3, -0.25) is 9.35 Å². The van der Waals surface area contributed by atoms with E-state index in [1.165, 1.54) is 0 Å². The molecule has 4 aliphatic rings. The van der Waals surface area contributed by atoms with E-state index in [2.05, 4.69) is 0 Å². The Kier molecular flexibility index (Phi) is 7.64. The van der Waals surface area contributed by atoms with E-state index in [0.29, 0.717) is 11.3 Å². The topological polar surface area (TPSA) is 89.9 Å². The molecule has 2 bridgehead atoms. The van der Waals surface area contributed by atoms with Crippen LogP contribution in [0.3, 0.4) is 0 Å². The normalized spacial score (nSPS) is 22.2. The summed E-state index contributed by atoms with van der Waals surface area (Å²) in [7, 11) is -5.70. The minimum Gasteiger partial charge on any atom is -0.490 e. The number of fused-ring (bicyclic) bond motifs is 1. The predicted molar refractivity (Wildman–Crippen MR) is 158 cm³/mol. The molecule has 1 N–H and O–H groups in total. The maximum atomic E-state index is 15.1. The van der Waals surface area contributed by atoms with Gasteiger partial charge in [-0.2, -0.15) is 17.2 Å². The summed E-state index contributed by atoms with van der Waals surface area (Å²) in [5, 5.41) is 0. The predicted octanol–water partition coefficient (Wildman–Crippen LogP) is 7.80. The number of carbonyl (C=O) groups is 1. The molecular formula is C35H28F4O6S. The summed E-state index contributed by atoms with van der Waals surface area (Å²) in [5.74, 6) is -14.6. The lowest BCUT2D eigenvalue weighted by atomic mass is 9.52. The average Bonchev–Trinajstić information content (AvgIpc) is 3.05. The smallest absolute Gasteiger partial charge is 0.316 e. The summed E-state index contributed by atoms with van der Waals surface area (Å²) >= 11 is 0. The van der Waals surface area contributed by atoms with E-state index in [9.17, 15) is 26.5 Å². The SMILES string of the molecule is O=C(Oc1c(F)c(F)c(S(=O)(=O)O)c(F)c1F)C1C2c3ccccc3C(c3ccccc32)C1c1ccccc1OC1CCCCC1. The lowest BCUT2D eigenvalue weighted by Crippen LogP contribution is -2.44. The van der Waals surface area contributed by atoms with Crippen LogP contribution in [-0.2, 0) is 14.9 Å². The fraction of sp³-hybridized carbons (Fsp3) is 0.286. The first-order valence-electron chi connectivity index (χ1n) is 15.1. The molecule has 46 heavy (non-hydrogen) atoms. The second-order valence-corrected chi connectivity index (χ2v) is 13.3. The average molecular weight is 653 g/mol. The zero-order valence-corrected chi connectivity index (χ0v) is 25.1. The van der Waals surface area contributed by atoms with Crippen molar-refractivity contribution in [1.29, 1.82) is 0 Å². The van der Waals surface area contributed by atoms with Crippen LogP contribution in [0.2, 0.25) is 0 Å². The summed E-state index contributed by atoms with van der Waals surface area (Å²) < 4.78 is 104. The highest BCUT2D eigenvalue weighted by atomic mass is 32.2. The molecule has 4 aromatic rings. The van der Waals surface area contributed by atoms with Gasteiger partial charge in [0.15, 0.2) is 16.5 Å². The third-order valence-electron chi connectivity index (χ3n) is 9.48. The van der Waals surface area contributed by atoms with Crippen LogP contribution < -0.4 is 9.47 Å². The molecule has 1 saturated carbocycles. The summed E-state index contributed by atoms with van der Waals surface area (Å²) in [5.41, 5.74) is 4.19. The van der Waals surface area contributed by atoms with Gasteiger partial charge in [-0.1, -0.05) is 73.2 Å². The lowest BCUT2D eigenvalue weighted by Gasteiger charge is -2.50. The molecule has 2 unspecified atom stereocenters. The summed E-state index contributed by atoms with van der Waals surface area (Å²) in [6.07, 6.45) is 4.88. The van der Waals surface area contributed by atoms with Crippen molar-refractivity contribution in [1.82, 2.24) is 0 Å². The number of benzene rings is 4. The molecule has 8 rings (SSSR count). The standard InChI is InChI=1S/C35H28F4O6S/c36-29-31(38)34(46(41,42)43)32(39)30(37)33(29)45-35(40)28-26-21-14-6-4-12-19(21)25(20-13-5-7-15-22(20)26)27(28)23-16-8-9-17-24(23)44-18-10-2-1-3-11-18/h4-9,12-18,25-28H,1-3,10-11H2,(H,41,42,43). The van der Waals surface area contributed by atoms with Gasteiger partial charge in [-0.05, 0) is 59.6 Å². The van der Waals surface area contributed by atoms with E-state index in [1.807, 2.05) is 72.8 Å². The van der Waals surface area contributed by atoms with Crippen molar-refractivity contribution in [2.75, 3.05) is 0 Å². The lowest BCUT2D eigenvalue weighted by molar-refractivity contribution is -0.141. The molecule has 0 spiro atoms. The monoisotopic (exact) mass is 652 g/mol. The van der Waals surface area contributed by atoms with E-state index >= 15 is 8.78 Å². The molecule has 0 saturated heterocycles. The number of carbonyl (C=O) groups excluding carboxylic acids is 1. The van der Waals surface area contributed by atoms with Gasteiger partial charge >= 0.3 is 16.1 Å². The molecule has 0 aromatic heterocycles. The molecule has 0 heterocycles. The zero-order chi connectivity index (χ0) is 32.3. The number of hydrogen-bond acceptors (Lipinski definition) is 5. The van der Waals surface area contributed by atoms with Crippen molar-refractivity contribution >= 4 is 16.1 Å². The van der Waals surface area contributed by atoms with Crippen LogP contribution in [0.15, 0.2) is 77.7 Å². The summed E-state index contributed by atoms with van der Waals surface area (Å²) in [6.45, 7) is 0. The van der Waals surface area contributed by atoms with Gasteiger partial charge in [0, 0.05) is 17.8 Å². The van der Waals surface area contributed by atoms with Gasteiger partial charge in [-0.15, -0.1) is 0 Å². The van der Waals surface area contributed by atoms with Crippen LogP contribution in [0.1, 0.15) is 77.7 Å². The van der Waals surface area contributed by atoms with Crippen molar-refractivity contribution in [2.45, 2.75) is 60.9 Å². The van der Waals surface area contributed by atoms with Crippen LogP contribution in [-0.4, -0.2) is 25.0 Å². The van der Waals surface area contributed by atoms with Gasteiger partial charge in [0.1, 0.15) is 5.75 Å². The number of para-hydroxylation sites is 1. The first kappa shape index (κ1) is 30.4. The summed E-state index contributed by atoms with van der Waals surface area (Å²) in [6, 6.07) is 22.4. The van der Waals surface area contributed by atoms with Crippen LogP contribution >= 0.6 is 0 Å². The first-order valence-corrected chi connectivity index (χ1v) is 16.5. The largest absolute Gasteiger partial charge is 0.490 e. The maximum absolute atomic E-state index is 15.1. The van der Waals surface area contributed by atoms with Crippen LogP contribution in [0, 0.1) is 29.2 Å². The number of halogens is 4. The molecule has 238 valence electrons. The van der Waals surface area contributed by atoms with Crippen molar-refractivity contribution < 1.29 is 44.8 Å². The highest BCUT2D eigenvalue weighted by Gasteiger charge is 2.54. The first-order chi connectivity index (χ1) is 22.1. The molecule has 6 nitrogen and oxygen atoms in total.